The van der Waals surface area contributed by atoms with Crippen molar-refractivity contribution in [3.8, 4) is 0 Å². The van der Waals surface area contributed by atoms with Crippen LogP contribution in [0.1, 0.15) is 39.9 Å². The Balaban J connectivity index is 1.30. The Morgan fingerprint density at radius 2 is 2.10 bits per heavy atom. The zero-order chi connectivity index (χ0) is 21.7. The van der Waals surface area contributed by atoms with Gasteiger partial charge in [-0.3, -0.25) is 19.7 Å². The van der Waals surface area contributed by atoms with Crippen molar-refractivity contribution in [1.82, 2.24) is 15.2 Å². The first-order valence-electron chi connectivity index (χ1n) is 9.96. The van der Waals surface area contributed by atoms with Gasteiger partial charge in [0.1, 0.15) is 11.6 Å². The summed E-state index contributed by atoms with van der Waals surface area (Å²) >= 11 is 6.14. The molecule has 0 radical (unpaired) electrons. The average molecular weight is 439 g/mol. The number of benzene rings is 2. The number of aromatic nitrogens is 1. The van der Waals surface area contributed by atoms with E-state index in [1.807, 2.05) is 25.1 Å². The van der Waals surface area contributed by atoms with Crippen molar-refractivity contribution in [1.29, 1.82) is 0 Å². The summed E-state index contributed by atoms with van der Waals surface area (Å²) in [6.45, 7) is 2.70. The minimum atomic E-state index is -0.616. The Kier molecular flexibility index (Phi) is 4.66. The van der Waals surface area contributed by atoms with Gasteiger partial charge < -0.3 is 14.6 Å². The first-order chi connectivity index (χ1) is 14.9. The molecule has 2 aromatic carbocycles. The third-order valence-electron chi connectivity index (χ3n) is 5.70. The molecule has 1 aromatic heterocycles. The monoisotopic (exact) mass is 438 g/mol. The molecule has 8 nitrogen and oxygen atoms in total. The number of halogens is 1. The fraction of sp³-hybridized carbons (Fsp3) is 0.273. The summed E-state index contributed by atoms with van der Waals surface area (Å²) in [7, 11) is 0. The number of rotatable bonds is 4. The van der Waals surface area contributed by atoms with Gasteiger partial charge >= 0.3 is 0 Å². The third-order valence-corrected chi connectivity index (χ3v) is 6.11. The van der Waals surface area contributed by atoms with E-state index < -0.39 is 11.9 Å². The molecule has 31 heavy (non-hydrogen) atoms. The van der Waals surface area contributed by atoms with Crippen molar-refractivity contribution in [3.05, 3.63) is 57.6 Å². The minimum absolute atomic E-state index is 0.185. The molecule has 3 aromatic rings. The van der Waals surface area contributed by atoms with E-state index in [-0.39, 0.29) is 18.2 Å². The third kappa shape index (κ3) is 3.53. The van der Waals surface area contributed by atoms with Crippen molar-refractivity contribution in [2.75, 3.05) is 5.32 Å². The molecule has 5 rings (SSSR count). The van der Waals surface area contributed by atoms with Crippen molar-refractivity contribution in [3.63, 3.8) is 0 Å². The number of piperidine rings is 1. The Hall–Kier alpha value is -3.39. The second kappa shape index (κ2) is 7.39. The summed E-state index contributed by atoms with van der Waals surface area (Å²) in [5, 5.41) is 6.11. The number of oxazole rings is 1. The van der Waals surface area contributed by atoms with Gasteiger partial charge in [0.05, 0.1) is 0 Å². The van der Waals surface area contributed by atoms with Gasteiger partial charge in [-0.25, -0.2) is 0 Å². The number of hydrogen-bond donors (Lipinski definition) is 2. The number of amides is 3. The molecule has 3 amide bonds. The van der Waals surface area contributed by atoms with Crippen molar-refractivity contribution in [2.24, 2.45) is 0 Å². The van der Waals surface area contributed by atoms with Crippen molar-refractivity contribution in [2.45, 2.75) is 38.9 Å². The predicted octanol–water partition coefficient (Wildman–Crippen LogP) is 3.16. The summed E-state index contributed by atoms with van der Waals surface area (Å²) in [4.78, 5) is 42.3. The molecule has 1 unspecified atom stereocenters. The second-order valence-electron chi connectivity index (χ2n) is 7.83. The highest BCUT2D eigenvalue weighted by molar-refractivity contribution is 6.32. The summed E-state index contributed by atoms with van der Waals surface area (Å²) in [6.07, 6.45) is 0.584. The van der Waals surface area contributed by atoms with Gasteiger partial charge in [0.25, 0.3) is 11.9 Å². The molecule has 2 aliphatic rings. The lowest BCUT2D eigenvalue weighted by atomic mass is 10.0. The smallest absolute Gasteiger partial charge is 0.295 e. The van der Waals surface area contributed by atoms with E-state index in [0.717, 1.165) is 16.7 Å². The molecule has 1 fully saturated rings. The molecule has 2 N–H and O–H groups in total. The van der Waals surface area contributed by atoms with Crippen LogP contribution >= 0.6 is 11.6 Å². The van der Waals surface area contributed by atoms with Gasteiger partial charge in [-0.1, -0.05) is 23.7 Å². The molecule has 0 spiro atoms. The van der Waals surface area contributed by atoms with Crippen LogP contribution in [0.25, 0.3) is 11.1 Å². The maximum Gasteiger partial charge on any atom is 0.295 e. The lowest BCUT2D eigenvalue weighted by Crippen LogP contribution is -2.52. The van der Waals surface area contributed by atoms with Crippen LogP contribution in [0.5, 0.6) is 0 Å². The predicted molar refractivity (Wildman–Crippen MR) is 114 cm³/mol. The zero-order valence-electron chi connectivity index (χ0n) is 16.7. The molecule has 3 heterocycles. The number of nitrogens with zero attached hydrogens (tertiary/aromatic N) is 2. The van der Waals surface area contributed by atoms with Crippen LogP contribution in [-0.2, 0) is 22.7 Å². The highest BCUT2D eigenvalue weighted by Crippen LogP contribution is 2.29. The maximum atomic E-state index is 12.8. The van der Waals surface area contributed by atoms with E-state index in [2.05, 4.69) is 15.6 Å². The number of carbonyl (C=O) groups is 3. The van der Waals surface area contributed by atoms with E-state index in [4.69, 9.17) is 16.0 Å². The van der Waals surface area contributed by atoms with E-state index in [9.17, 15) is 14.4 Å². The largest absolute Gasteiger partial charge is 0.424 e. The van der Waals surface area contributed by atoms with Gasteiger partial charge in [-0.2, -0.15) is 4.98 Å². The van der Waals surface area contributed by atoms with E-state index in [1.54, 1.807) is 12.1 Å². The number of fused-ring (bicyclic) bond motifs is 2. The first-order valence-corrected chi connectivity index (χ1v) is 10.3. The van der Waals surface area contributed by atoms with Gasteiger partial charge in [0.15, 0.2) is 5.58 Å². The number of carbonyl (C=O) groups excluding carboxylic acids is 3. The summed E-state index contributed by atoms with van der Waals surface area (Å²) in [5.74, 6) is -0.892. The Morgan fingerprint density at radius 1 is 1.26 bits per heavy atom. The van der Waals surface area contributed by atoms with Crippen LogP contribution in [0.15, 0.2) is 34.7 Å². The van der Waals surface area contributed by atoms with E-state index in [1.165, 1.54) is 4.90 Å². The molecule has 0 aliphatic carbocycles. The number of anilines is 1. The van der Waals surface area contributed by atoms with Crippen LogP contribution in [0.2, 0.25) is 5.02 Å². The van der Waals surface area contributed by atoms with Crippen molar-refractivity contribution < 1.29 is 18.8 Å². The van der Waals surface area contributed by atoms with Crippen molar-refractivity contribution >= 4 is 46.4 Å². The maximum absolute atomic E-state index is 12.8. The lowest BCUT2D eigenvalue weighted by molar-refractivity contribution is -0.136. The number of nitrogens with one attached hydrogen (secondary N) is 2. The van der Waals surface area contributed by atoms with Gasteiger partial charge in [0, 0.05) is 30.1 Å². The topological polar surface area (TPSA) is 105 Å². The molecular formula is C22H19ClN4O4. The molecule has 0 bridgehead atoms. The molecule has 2 aliphatic heterocycles. The molecule has 1 atom stereocenters. The summed E-state index contributed by atoms with van der Waals surface area (Å²) in [5.41, 5.74) is 4.64. The van der Waals surface area contributed by atoms with Gasteiger partial charge in [-0.15, -0.1) is 0 Å². The zero-order valence-corrected chi connectivity index (χ0v) is 17.5. The van der Waals surface area contributed by atoms with Gasteiger partial charge in [-0.05, 0) is 48.2 Å². The molecule has 9 heteroatoms. The van der Waals surface area contributed by atoms with Crippen LogP contribution in [0.4, 0.5) is 6.01 Å². The number of imide groups is 1. The van der Waals surface area contributed by atoms with Gasteiger partial charge in [0.2, 0.25) is 11.8 Å². The van der Waals surface area contributed by atoms with E-state index in [0.29, 0.717) is 47.2 Å². The Morgan fingerprint density at radius 3 is 2.90 bits per heavy atom. The molecule has 0 saturated carbocycles. The fourth-order valence-electron chi connectivity index (χ4n) is 4.04. The van der Waals surface area contributed by atoms with Crippen LogP contribution < -0.4 is 10.6 Å². The Bertz CT molecular complexity index is 1210. The second-order valence-corrected chi connectivity index (χ2v) is 8.24. The average Bonchev–Trinajstić information content (AvgIpc) is 3.27. The van der Waals surface area contributed by atoms with Crippen LogP contribution in [0.3, 0.4) is 0 Å². The molecular weight excluding hydrogens is 420 g/mol. The van der Waals surface area contributed by atoms with Crippen LogP contribution in [-0.4, -0.2) is 33.6 Å². The first kappa shape index (κ1) is 19.6. The minimum Gasteiger partial charge on any atom is -0.424 e. The standard InChI is InChI=1S/C22H19ClN4O4/c1-11-6-18-16(8-15(11)23)25-22(31-18)24-9-12-2-3-14-13(7-12)10-27(21(14)30)17-4-5-19(28)26-20(17)29/h2-3,6-8,17H,4-5,9-10H2,1H3,(H,24,25)(H,26,28,29). The summed E-state index contributed by atoms with van der Waals surface area (Å²) < 4.78 is 5.74. The van der Waals surface area contributed by atoms with Crippen LogP contribution in [0, 0.1) is 6.92 Å². The van der Waals surface area contributed by atoms with E-state index >= 15 is 0 Å². The highest BCUT2D eigenvalue weighted by Gasteiger charge is 2.39. The highest BCUT2D eigenvalue weighted by atomic mass is 35.5. The quantitative estimate of drug-likeness (QED) is 0.606. The Labute approximate surface area is 182 Å². The number of aryl methyl sites for hydroxylation is 1. The number of hydrogen-bond acceptors (Lipinski definition) is 6. The normalized spacial score (nSPS) is 18.5. The molecule has 1 saturated heterocycles. The lowest BCUT2D eigenvalue weighted by Gasteiger charge is -2.29. The fourth-order valence-corrected chi connectivity index (χ4v) is 4.20. The molecule has 158 valence electrons. The summed E-state index contributed by atoms with van der Waals surface area (Å²) in [6, 6.07) is 8.96. The SMILES string of the molecule is Cc1cc2oc(NCc3ccc4c(c3)CN(C3CCC(=O)NC3=O)C4=O)nc2cc1Cl.